The van der Waals surface area contributed by atoms with Gasteiger partial charge in [-0.25, -0.2) is 9.97 Å². The van der Waals surface area contributed by atoms with Crippen molar-refractivity contribution in [1.29, 1.82) is 0 Å². The van der Waals surface area contributed by atoms with Gasteiger partial charge in [-0.05, 0) is 18.1 Å². The summed E-state index contributed by atoms with van der Waals surface area (Å²) in [7, 11) is 0. The number of anilines is 3. The molecule has 2 heterocycles. The van der Waals surface area contributed by atoms with E-state index in [1.54, 1.807) is 17.5 Å². The quantitative estimate of drug-likeness (QED) is 0.857. The largest absolute Gasteiger partial charge is 0.397 e. The second-order valence-electron chi connectivity index (χ2n) is 3.83. The number of nitrogens with two attached hydrogens (primary N) is 1. The lowest BCUT2D eigenvalue weighted by Gasteiger charge is -2.01. The molecule has 4 nitrogen and oxygen atoms in total. The molecule has 0 fully saturated rings. The zero-order valence-electron chi connectivity index (χ0n) is 9.27. The molecule has 0 aliphatic rings. The monoisotopic (exact) mass is 234 g/mol. The Kier molecular flexibility index (Phi) is 3.05. The molecule has 5 heteroatoms. The first-order valence-corrected chi connectivity index (χ1v) is 5.97. The SMILES string of the molecule is CC(C)c1csc(Nc2ccc(N)cn2)n1. The molecule has 3 N–H and O–H groups in total. The Morgan fingerprint density at radius 1 is 1.38 bits per heavy atom. The van der Waals surface area contributed by atoms with Crippen molar-refractivity contribution in [1.82, 2.24) is 9.97 Å². The van der Waals surface area contributed by atoms with Crippen molar-refractivity contribution >= 4 is 28.0 Å². The summed E-state index contributed by atoms with van der Waals surface area (Å²) in [5, 5.41) is 6.07. The predicted octanol–water partition coefficient (Wildman–Crippen LogP) is 2.99. The van der Waals surface area contributed by atoms with Crippen LogP contribution in [0.1, 0.15) is 25.5 Å². The molecular weight excluding hydrogens is 220 g/mol. The van der Waals surface area contributed by atoms with Crippen molar-refractivity contribution in [2.75, 3.05) is 11.1 Å². The van der Waals surface area contributed by atoms with E-state index < -0.39 is 0 Å². The standard InChI is InChI=1S/C11H14N4S/c1-7(2)9-6-16-11(14-9)15-10-4-3-8(12)5-13-10/h3-7H,12H2,1-2H3,(H,13,14,15). The van der Waals surface area contributed by atoms with Gasteiger partial charge in [0, 0.05) is 5.38 Å². The minimum absolute atomic E-state index is 0.450. The third kappa shape index (κ3) is 2.49. The fourth-order valence-electron chi connectivity index (χ4n) is 1.20. The summed E-state index contributed by atoms with van der Waals surface area (Å²) in [5.41, 5.74) is 7.32. The van der Waals surface area contributed by atoms with Gasteiger partial charge in [-0.1, -0.05) is 13.8 Å². The summed E-state index contributed by atoms with van der Waals surface area (Å²) in [4.78, 5) is 8.62. The fraction of sp³-hybridized carbons (Fsp3) is 0.273. The number of hydrogen-bond acceptors (Lipinski definition) is 5. The average molecular weight is 234 g/mol. The van der Waals surface area contributed by atoms with E-state index in [0.29, 0.717) is 11.6 Å². The molecule has 16 heavy (non-hydrogen) atoms. The van der Waals surface area contributed by atoms with Crippen molar-refractivity contribution in [3.63, 3.8) is 0 Å². The van der Waals surface area contributed by atoms with Gasteiger partial charge < -0.3 is 11.1 Å². The number of pyridine rings is 1. The number of rotatable bonds is 3. The van der Waals surface area contributed by atoms with Crippen LogP contribution in [-0.2, 0) is 0 Å². The van der Waals surface area contributed by atoms with Crippen molar-refractivity contribution in [3.8, 4) is 0 Å². The number of nitrogen functional groups attached to an aromatic ring is 1. The highest BCUT2D eigenvalue weighted by Crippen LogP contribution is 2.23. The summed E-state index contributed by atoms with van der Waals surface area (Å²) in [6, 6.07) is 3.65. The normalized spacial score (nSPS) is 10.7. The van der Waals surface area contributed by atoms with E-state index in [4.69, 9.17) is 5.73 Å². The first-order chi connectivity index (χ1) is 7.65. The lowest BCUT2D eigenvalue weighted by Crippen LogP contribution is -1.95. The third-order valence-electron chi connectivity index (χ3n) is 2.13. The van der Waals surface area contributed by atoms with Gasteiger partial charge in [0.1, 0.15) is 5.82 Å². The Hall–Kier alpha value is -1.62. The Morgan fingerprint density at radius 2 is 2.19 bits per heavy atom. The highest BCUT2D eigenvalue weighted by molar-refractivity contribution is 7.13. The Labute approximate surface area is 98.6 Å². The Balaban J connectivity index is 2.11. The van der Waals surface area contributed by atoms with Gasteiger partial charge in [-0.3, -0.25) is 0 Å². The minimum atomic E-state index is 0.450. The van der Waals surface area contributed by atoms with Crippen LogP contribution in [0.3, 0.4) is 0 Å². The van der Waals surface area contributed by atoms with Crippen LogP contribution in [0.4, 0.5) is 16.6 Å². The maximum Gasteiger partial charge on any atom is 0.188 e. The molecule has 0 radical (unpaired) electrons. The van der Waals surface area contributed by atoms with Crippen LogP contribution in [-0.4, -0.2) is 9.97 Å². The van der Waals surface area contributed by atoms with E-state index in [1.165, 1.54) is 0 Å². The van der Waals surface area contributed by atoms with Crippen molar-refractivity contribution < 1.29 is 0 Å². The van der Waals surface area contributed by atoms with Gasteiger partial charge in [0.15, 0.2) is 5.13 Å². The molecule has 0 saturated carbocycles. The summed E-state index contributed by atoms with van der Waals surface area (Å²) < 4.78 is 0. The van der Waals surface area contributed by atoms with E-state index >= 15 is 0 Å². The van der Waals surface area contributed by atoms with Crippen LogP contribution >= 0.6 is 11.3 Å². The second kappa shape index (κ2) is 4.49. The van der Waals surface area contributed by atoms with E-state index in [1.807, 2.05) is 12.1 Å². The second-order valence-corrected chi connectivity index (χ2v) is 4.69. The molecule has 0 aliphatic carbocycles. The van der Waals surface area contributed by atoms with Gasteiger partial charge in [0.25, 0.3) is 0 Å². The molecule has 0 aromatic carbocycles. The average Bonchev–Trinajstić information content (AvgIpc) is 2.70. The molecule has 0 aliphatic heterocycles. The molecule has 2 rings (SSSR count). The number of aromatic nitrogens is 2. The van der Waals surface area contributed by atoms with Crippen molar-refractivity contribution in [2.45, 2.75) is 19.8 Å². The zero-order chi connectivity index (χ0) is 11.5. The van der Waals surface area contributed by atoms with Gasteiger partial charge in [-0.15, -0.1) is 11.3 Å². The smallest absolute Gasteiger partial charge is 0.188 e. The maximum absolute atomic E-state index is 5.56. The molecule has 0 atom stereocenters. The molecule has 0 saturated heterocycles. The molecule has 0 amide bonds. The molecule has 0 bridgehead atoms. The molecule has 0 unspecified atom stereocenters. The Bertz CT molecular complexity index is 461. The molecule has 84 valence electrons. The number of nitrogens with zero attached hydrogens (tertiary/aromatic N) is 2. The van der Waals surface area contributed by atoms with E-state index in [-0.39, 0.29) is 0 Å². The first kappa shape index (κ1) is 10.9. The predicted molar refractivity (Wildman–Crippen MR) is 68.1 cm³/mol. The fourth-order valence-corrected chi connectivity index (χ4v) is 2.08. The first-order valence-electron chi connectivity index (χ1n) is 5.09. The summed E-state index contributed by atoms with van der Waals surface area (Å²) in [5.74, 6) is 1.21. The van der Waals surface area contributed by atoms with E-state index in [0.717, 1.165) is 16.6 Å². The number of hydrogen-bond donors (Lipinski definition) is 2. The Morgan fingerprint density at radius 3 is 2.75 bits per heavy atom. The van der Waals surface area contributed by atoms with Gasteiger partial charge in [-0.2, -0.15) is 0 Å². The summed E-state index contributed by atoms with van der Waals surface area (Å²) in [6.45, 7) is 4.25. The van der Waals surface area contributed by atoms with E-state index in [9.17, 15) is 0 Å². The van der Waals surface area contributed by atoms with Crippen LogP contribution in [0.25, 0.3) is 0 Å². The van der Waals surface area contributed by atoms with Crippen LogP contribution in [0.2, 0.25) is 0 Å². The van der Waals surface area contributed by atoms with Crippen LogP contribution in [0.5, 0.6) is 0 Å². The lowest BCUT2D eigenvalue weighted by molar-refractivity contribution is 0.834. The van der Waals surface area contributed by atoms with Crippen molar-refractivity contribution in [2.24, 2.45) is 0 Å². The van der Waals surface area contributed by atoms with Crippen molar-refractivity contribution in [3.05, 3.63) is 29.4 Å². The molecule has 0 spiro atoms. The zero-order valence-corrected chi connectivity index (χ0v) is 10.1. The minimum Gasteiger partial charge on any atom is -0.397 e. The summed E-state index contributed by atoms with van der Waals surface area (Å²) >= 11 is 1.58. The summed E-state index contributed by atoms with van der Waals surface area (Å²) in [6.07, 6.45) is 1.62. The van der Waals surface area contributed by atoms with Crippen LogP contribution in [0, 0.1) is 0 Å². The maximum atomic E-state index is 5.56. The third-order valence-corrected chi connectivity index (χ3v) is 2.91. The number of nitrogens with one attached hydrogen (secondary N) is 1. The van der Waals surface area contributed by atoms with Gasteiger partial charge in [0.2, 0.25) is 0 Å². The van der Waals surface area contributed by atoms with Gasteiger partial charge >= 0.3 is 0 Å². The lowest BCUT2D eigenvalue weighted by atomic mass is 10.2. The van der Waals surface area contributed by atoms with Gasteiger partial charge in [0.05, 0.1) is 17.6 Å². The molecule has 2 aromatic heterocycles. The van der Waals surface area contributed by atoms with E-state index in [2.05, 4.69) is 34.5 Å². The molecule has 2 aromatic rings. The molecular formula is C11H14N4S. The van der Waals surface area contributed by atoms with Crippen LogP contribution < -0.4 is 11.1 Å². The highest BCUT2D eigenvalue weighted by atomic mass is 32.1. The van der Waals surface area contributed by atoms with Crippen LogP contribution in [0.15, 0.2) is 23.7 Å². The highest BCUT2D eigenvalue weighted by Gasteiger charge is 2.05. The topological polar surface area (TPSA) is 63.8 Å². The number of thiazole rings is 1.